The molecule has 2 aliphatic rings. The topological polar surface area (TPSA) is 158 Å². The molecule has 6 rings (SSSR count). The maximum absolute atomic E-state index is 15.5. The zero-order valence-corrected chi connectivity index (χ0v) is 27.0. The van der Waals surface area contributed by atoms with Gasteiger partial charge in [0.2, 0.25) is 5.89 Å². The predicted octanol–water partition coefficient (Wildman–Crippen LogP) is 3.85. The van der Waals surface area contributed by atoms with E-state index in [1.807, 2.05) is 12.1 Å². The van der Waals surface area contributed by atoms with Crippen molar-refractivity contribution in [2.45, 2.75) is 48.9 Å². The lowest BCUT2D eigenvalue weighted by atomic mass is 9.79. The van der Waals surface area contributed by atoms with Crippen LogP contribution >= 0.6 is 0 Å². The van der Waals surface area contributed by atoms with E-state index in [0.717, 1.165) is 22.8 Å². The Morgan fingerprint density at radius 3 is 2.55 bits per heavy atom. The number of amides is 1. The number of nitriles is 1. The zero-order valence-electron chi connectivity index (χ0n) is 26.2. The van der Waals surface area contributed by atoms with E-state index in [9.17, 15) is 18.8 Å². The Labute approximate surface area is 273 Å². The lowest BCUT2D eigenvalue weighted by Crippen LogP contribution is -2.55. The minimum Gasteiger partial charge on any atom is -0.497 e. The van der Waals surface area contributed by atoms with E-state index in [2.05, 4.69) is 23.3 Å². The second kappa shape index (κ2) is 12.8. The van der Waals surface area contributed by atoms with Crippen molar-refractivity contribution in [1.29, 1.82) is 5.26 Å². The van der Waals surface area contributed by atoms with Gasteiger partial charge in [0.15, 0.2) is 5.54 Å². The number of nitrogens with one attached hydrogen (secondary N) is 1. The Morgan fingerprint density at radius 1 is 1.11 bits per heavy atom. The normalized spacial score (nSPS) is 21.1. The summed E-state index contributed by atoms with van der Waals surface area (Å²) < 4.78 is 46.7. The number of carbonyl (C=O) groups excluding carboxylic acids is 1. The number of carbonyl (C=O) groups is 1. The monoisotopic (exact) mass is 657 g/mol. The summed E-state index contributed by atoms with van der Waals surface area (Å²) in [6, 6.07) is 17.1. The second-order valence-corrected chi connectivity index (χ2v) is 13.2. The van der Waals surface area contributed by atoms with E-state index in [-0.39, 0.29) is 40.6 Å². The number of oxazole rings is 1. The van der Waals surface area contributed by atoms with Gasteiger partial charge < -0.3 is 24.3 Å². The quantitative estimate of drug-likeness (QED) is 0.226. The van der Waals surface area contributed by atoms with E-state index in [0.29, 0.717) is 23.6 Å². The molecular formula is C34H35N5O7S. The molecule has 0 aliphatic carbocycles. The van der Waals surface area contributed by atoms with Crippen LogP contribution in [0.25, 0.3) is 0 Å². The summed E-state index contributed by atoms with van der Waals surface area (Å²) in [5.41, 5.74) is -0.171. The number of benzene rings is 3. The molecule has 3 aromatic carbocycles. The average molecular weight is 658 g/mol. The van der Waals surface area contributed by atoms with Gasteiger partial charge in [-0.2, -0.15) is 5.26 Å². The number of likely N-dealkylation sites (tertiary alicyclic amines) is 1. The molecule has 3 heterocycles. The molecule has 2 aliphatic heterocycles. The largest absolute Gasteiger partial charge is 0.497 e. The van der Waals surface area contributed by atoms with Gasteiger partial charge in [0.05, 0.1) is 54.8 Å². The molecule has 0 radical (unpaired) electrons. The smallest absolute Gasteiger partial charge is 0.271 e. The number of ether oxygens (including phenoxy) is 2. The Balaban J connectivity index is 1.67. The number of aliphatic hydroxyl groups excluding tert-OH is 1. The van der Waals surface area contributed by atoms with Gasteiger partial charge in [0.1, 0.15) is 17.8 Å². The zero-order chi connectivity index (χ0) is 33.3. The number of β-amino-alcohol motifs (C(OH)–C–C–N with tert-alkyl or cyclic N) is 1. The molecule has 1 amide bonds. The third kappa shape index (κ3) is 5.33. The van der Waals surface area contributed by atoms with Gasteiger partial charge in [-0.1, -0.05) is 13.0 Å². The number of hydrogen-bond donors (Lipinski definition) is 2. The Morgan fingerprint density at radius 2 is 1.89 bits per heavy atom. The second-order valence-electron chi connectivity index (χ2n) is 11.4. The third-order valence-corrected chi connectivity index (χ3v) is 10.4. The fourth-order valence-electron chi connectivity index (χ4n) is 6.60. The molecule has 1 fully saturated rings. The van der Waals surface area contributed by atoms with Gasteiger partial charge in [0, 0.05) is 24.2 Å². The summed E-state index contributed by atoms with van der Waals surface area (Å²) in [6.07, 6.45) is 3.05. The molecule has 0 saturated carbocycles. The maximum Gasteiger partial charge on any atom is 0.271 e. The number of rotatable bonds is 11. The fraction of sp³-hybridized carbons (Fsp3) is 0.324. The first kappa shape index (κ1) is 32.2. The number of aliphatic hydroxyl groups is 1. The van der Waals surface area contributed by atoms with Crippen molar-refractivity contribution in [3.05, 3.63) is 101 Å². The summed E-state index contributed by atoms with van der Waals surface area (Å²) in [5.74, 6) is 0.203. The van der Waals surface area contributed by atoms with Crippen LogP contribution in [-0.2, 0) is 26.9 Å². The van der Waals surface area contributed by atoms with Crippen molar-refractivity contribution in [3.8, 4) is 17.6 Å². The summed E-state index contributed by atoms with van der Waals surface area (Å²) in [6.45, 7) is 3.26. The van der Waals surface area contributed by atoms with Gasteiger partial charge in [-0.05, 0) is 79.5 Å². The van der Waals surface area contributed by atoms with Crippen LogP contribution in [-0.4, -0.2) is 62.7 Å². The van der Waals surface area contributed by atoms with Crippen LogP contribution in [0.15, 0.2) is 82.4 Å². The third-order valence-electron chi connectivity index (χ3n) is 8.68. The van der Waals surface area contributed by atoms with Crippen LogP contribution in [0.1, 0.15) is 54.0 Å². The first-order chi connectivity index (χ1) is 22.7. The highest BCUT2D eigenvalue weighted by Gasteiger charge is 2.63. The molecule has 0 spiro atoms. The Hall–Kier alpha value is -4.74. The number of fused-ring (bicyclic) bond motifs is 1. The number of aromatic nitrogens is 1. The van der Waals surface area contributed by atoms with Crippen LogP contribution < -0.4 is 19.1 Å². The van der Waals surface area contributed by atoms with Gasteiger partial charge >= 0.3 is 0 Å². The maximum atomic E-state index is 15.5. The molecule has 1 unspecified atom stereocenters. The number of sulfonamides is 1. The van der Waals surface area contributed by atoms with E-state index in [4.69, 9.17) is 13.9 Å². The van der Waals surface area contributed by atoms with Crippen molar-refractivity contribution in [1.82, 2.24) is 15.2 Å². The summed E-state index contributed by atoms with van der Waals surface area (Å²) in [5, 5.41) is 24.5. The van der Waals surface area contributed by atoms with E-state index in [1.54, 1.807) is 11.0 Å². The van der Waals surface area contributed by atoms with Crippen LogP contribution in [0.5, 0.6) is 11.5 Å². The van der Waals surface area contributed by atoms with Crippen LogP contribution in [0.3, 0.4) is 0 Å². The highest BCUT2D eigenvalue weighted by Crippen LogP contribution is 2.56. The first-order valence-electron chi connectivity index (χ1n) is 15.2. The van der Waals surface area contributed by atoms with E-state index in [1.165, 1.54) is 69.1 Å². The van der Waals surface area contributed by atoms with Crippen LogP contribution in [0.2, 0.25) is 0 Å². The van der Waals surface area contributed by atoms with Crippen LogP contribution in [0, 0.1) is 11.3 Å². The molecule has 1 aromatic heterocycles. The molecule has 47 heavy (non-hydrogen) atoms. The van der Waals surface area contributed by atoms with Crippen molar-refractivity contribution < 1.29 is 32.2 Å². The minimum absolute atomic E-state index is 0.0348. The summed E-state index contributed by atoms with van der Waals surface area (Å²) in [4.78, 5) is 21.4. The molecule has 4 aromatic rings. The van der Waals surface area contributed by atoms with Gasteiger partial charge in [-0.15, -0.1) is 0 Å². The number of methoxy groups -OCH3 is 2. The predicted molar refractivity (Wildman–Crippen MR) is 171 cm³/mol. The lowest BCUT2D eigenvalue weighted by Gasteiger charge is -2.41. The first-order valence-corrected chi connectivity index (χ1v) is 16.6. The Kier molecular flexibility index (Phi) is 8.78. The fourth-order valence-corrected chi connectivity index (χ4v) is 8.06. The van der Waals surface area contributed by atoms with E-state index < -0.39 is 33.6 Å². The van der Waals surface area contributed by atoms with E-state index >= 15 is 4.79 Å². The van der Waals surface area contributed by atoms with Crippen molar-refractivity contribution in [2.75, 3.05) is 31.6 Å². The highest BCUT2D eigenvalue weighted by atomic mass is 32.2. The number of hydrogen-bond acceptors (Lipinski definition) is 11. The van der Waals surface area contributed by atoms with Gasteiger partial charge in [-0.3, -0.25) is 9.69 Å². The molecule has 1 saturated heterocycles. The van der Waals surface area contributed by atoms with Crippen molar-refractivity contribution in [3.63, 3.8) is 0 Å². The summed E-state index contributed by atoms with van der Waals surface area (Å²) in [7, 11) is -1.58. The van der Waals surface area contributed by atoms with Gasteiger partial charge in [0.25, 0.3) is 15.9 Å². The molecule has 13 heteroatoms. The molecule has 12 nitrogen and oxygen atoms in total. The number of nitrogens with zero attached hydrogens (tertiary/aromatic N) is 4. The molecular weight excluding hydrogens is 622 g/mol. The Bertz CT molecular complexity index is 1930. The van der Waals surface area contributed by atoms with Crippen LogP contribution in [0.4, 0.5) is 5.69 Å². The van der Waals surface area contributed by atoms with Crippen molar-refractivity contribution in [2.24, 2.45) is 0 Å². The lowest BCUT2D eigenvalue weighted by molar-refractivity contribution is -0.127. The number of anilines is 1. The van der Waals surface area contributed by atoms with Gasteiger partial charge in [-0.25, -0.2) is 17.7 Å². The molecule has 244 valence electrons. The van der Waals surface area contributed by atoms with Crippen molar-refractivity contribution >= 4 is 21.6 Å². The minimum atomic E-state index is -4.52. The molecule has 3 atom stereocenters. The highest BCUT2D eigenvalue weighted by molar-refractivity contribution is 7.93. The molecule has 0 bridgehead atoms. The summed E-state index contributed by atoms with van der Waals surface area (Å²) >= 11 is 0. The standard InChI is InChI=1S/C34H35N5O7S/c1-4-13-36-20-23-6-12-31(45-3)28(17-23)34(38-21-24(40)18-30(38)32-37-14-15-46-32)27-16-22(19-35)5-11-29(27)39(33(34)41)47(42,43)26-9-7-25(44-2)8-10-26/h5-12,14-17,24,30,36,40H,4,13,18,20-21H2,1-3H3/t24-,30+,34?/m1/s1. The SMILES string of the molecule is CCCNCc1ccc(OC)c(C2(N3C[C@H](O)C[C@H]3c3ncco3)C(=O)N(S(=O)(=O)c3ccc(OC)cc3)c3ccc(C#N)cc32)c1. The molecule has 2 N–H and O–H groups in total. The average Bonchev–Trinajstić information content (AvgIpc) is 3.81.